The standard InChI is InChI=1S/C12H8N2O2/c13-12(15)10-8-2-1-7-4-6-16-11(7)9(8)3-5-14-10/h1-6H,(H2,13,15). The molecule has 0 unspecified atom stereocenters. The van der Waals surface area contributed by atoms with Crippen molar-refractivity contribution in [2.45, 2.75) is 0 Å². The maximum atomic E-state index is 11.2. The Bertz CT molecular complexity index is 700. The second kappa shape index (κ2) is 3.06. The van der Waals surface area contributed by atoms with Crippen LogP contribution in [-0.4, -0.2) is 10.9 Å². The van der Waals surface area contributed by atoms with Gasteiger partial charge >= 0.3 is 0 Å². The first kappa shape index (κ1) is 8.91. The van der Waals surface area contributed by atoms with E-state index in [4.69, 9.17) is 10.2 Å². The number of nitrogens with two attached hydrogens (primary N) is 1. The Morgan fingerprint density at radius 2 is 2.06 bits per heavy atom. The van der Waals surface area contributed by atoms with Crippen LogP contribution in [0, 0.1) is 0 Å². The Balaban J connectivity index is 2.53. The number of furan rings is 1. The molecule has 78 valence electrons. The first-order chi connectivity index (χ1) is 7.77. The Labute approximate surface area is 90.7 Å². The number of aromatic nitrogens is 1. The fourth-order valence-corrected chi connectivity index (χ4v) is 1.88. The Morgan fingerprint density at radius 3 is 2.88 bits per heavy atom. The third kappa shape index (κ3) is 1.10. The molecule has 0 aliphatic heterocycles. The molecule has 16 heavy (non-hydrogen) atoms. The molecule has 2 aromatic heterocycles. The van der Waals surface area contributed by atoms with Crippen LogP contribution in [0.25, 0.3) is 21.7 Å². The van der Waals surface area contributed by atoms with Crippen molar-refractivity contribution in [1.82, 2.24) is 4.98 Å². The van der Waals surface area contributed by atoms with Gasteiger partial charge in [-0.3, -0.25) is 9.78 Å². The molecule has 0 aliphatic carbocycles. The van der Waals surface area contributed by atoms with Gasteiger partial charge in [0.05, 0.1) is 6.26 Å². The minimum atomic E-state index is -0.531. The summed E-state index contributed by atoms with van der Waals surface area (Å²) < 4.78 is 5.39. The summed E-state index contributed by atoms with van der Waals surface area (Å²) in [6.07, 6.45) is 3.18. The normalized spacial score (nSPS) is 11.0. The SMILES string of the molecule is NC(=O)c1nccc2c1ccc1ccoc12. The maximum Gasteiger partial charge on any atom is 0.267 e. The lowest BCUT2D eigenvalue weighted by atomic mass is 10.1. The molecule has 0 fully saturated rings. The van der Waals surface area contributed by atoms with Gasteiger partial charge in [-0.25, -0.2) is 0 Å². The third-order valence-electron chi connectivity index (χ3n) is 2.59. The van der Waals surface area contributed by atoms with Gasteiger partial charge in [0.15, 0.2) is 0 Å². The van der Waals surface area contributed by atoms with E-state index in [9.17, 15) is 4.79 Å². The summed E-state index contributed by atoms with van der Waals surface area (Å²) in [5.41, 5.74) is 6.29. The summed E-state index contributed by atoms with van der Waals surface area (Å²) in [4.78, 5) is 15.2. The van der Waals surface area contributed by atoms with Crippen LogP contribution in [0.3, 0.4) is 0 Å². The van der Waals surface area contributed by atoms with E-state index in [1.165, 1.54) is 0 Å². The molecular formula is C12H8N2O2. The number of hydrogen-bond donors (Lipinski definition) is 1. The van der Waals surface area contributed by atoms with E-state index in [1.807, 2.05) is 24.3 Å². The quantitative estimate of drug-likeness (QED) is 0.671. The summed E-state index contributed by atoms with van der Waals surface area (Å²) >= 11 is 0. The Hall–Kier alpha value is -2.36. The van der Waals surface area contributed by atoms with Crippen molar-refractivity contribution < 1.29 is 9.21 Å². The van der Waals surface area contributed by atoms with Crippen LogP contribution in [0.2, 0.25) is 0 Å². The van der Waals surface area contributed by atoms with Gasteiger partial charge in [-0.15, -0.1) is 0 Å². The van der Waals surface area contributed by atoms with E-state index < -0.39 is 5.91 Å². The van der Waals surface area contributed by atoms with Crippen molar-refractivity contribution in [3.05, 3.63) is 42.4 Å². The number of hydrogen-bond acceptors (Lipinski definition) is 3. The molecule has 4 nitrogen and oxygen atoms in total. The summed E-state index contributed by atoms with van der Waals surface area (Å²) in [7, 11) is 0. The van der Waals surface area contributed by atoms with Gasteiger partial charge in [0, 0.05) is 22.4 Å². The van der Waals surface area contributed by atoms with Crippen LogP contribution in [0.15, 0.2) is 41.1 Å². The number of pyridine rings is 1. The van der Waals surface area contributed by atoms with Crippen molar-refractivity contribution in [2.24, 2.45) is 5.73 Å². The van der Waals surface area contributed by atoms with Crippen LogP contribution in [0.1, 0.15) is 10.5 Å². The van der Waals surface area contributed by atoms with Gasteiger partial charge in [0.25, 0.3) is 5.91 Å². The van der Waals surface area contributed by atoms with Crippen LogP contribution in [0.5, 0.6) is 0 Å². The van der Waals surface area contributed by atoms with Crippen molar-refractivity contribution in [1.29, 1.82) is 0 Å². The molecule has 2 N–H and O–H groups in total. The van der Waals surface area contributed by atoms with Crippen molar-refractivity contribution in [3.8, 4) is 0 Å². The average Bonchev–Trinajstić information content (AvgIpc) is 2.76. The number of nitrogens with zero attached hydrogens (tertiary/aromatic N) is 1. The number of primary amides is 1. The lowest BCUT2D eigenvalue weighted by molar-refractivity contribution is 0.0997. The molecule has 3 rings (SSSR count). The van der Waals surface area contributed by atoms with E-state index in [0.29, 0.717) is 0 Å². The summed E-state index contributed by atoms with van der Waals surface area (Å²) in [6.45, 7) is 0. The molecule has 0 aliphatic rings. The second-order valence-corrected chi connectivity index (χ2v) is 3.52. The minimum Gasteiger partial charge on any atom is -0.464 e. The van der Waals surface area contributed by atoms with E-state index >= 15 is 0 Å². The predicted octanol–water partition coefficient (Wildman–Crippen LogP) is 2.08. The zero-order valence-electron chi connectivity index (χ0n) is 8.31. The second-order valence-electron chi connectivity index (χ2n) is 3.52. The summed E-state index contributed by atoms with van der Waals surface area (Å²) in [5.74, 6) is -0.531. The molecule has 0 atom stereocenters. The Kier molecular flexibility index (Phi) is 1.71. The first-order valence-corrected chi connectivity index (χ1v) is 4.82. The average molecular weight is 212 g/mol. The van der Waals surface area contributed by atoms with Crippen LogP contribution in [-0.2, 0) is 0 Å². The molecule has 1 amide bonds. The monoisotopic (exact) mass is 212 g/mol. The van der Waals surface area contributed by atoms with Crippen LogP contribution < -0.4 is 5.73 Å². The van der Waals surface area contributed by atoms with E-state index in [-0.39, 0.29) is 5.69 Å². The van der Waals surface area contributed by atoms with Crippen molar-refractivity contribution >= 4 is 27.6 Å². The molecule has 0 radical (unpaired) electrons. The first-order valence-electron chi connectivity index (χ1n) is 4.82. The predicted molar refractivity (Wildman–Crippen MR) is 60.0 cm³/mol. The highest BCUT2D eigenvalue weighted by Crippen LogP contribution is 2.27. The number of carbonyl (C=O) groups is 1. The number of fused-ring (bicyclic) bond motifs is 3. The summed E-state index contributed by atoms with van der Waals surface area (Å²) in [6, 6.07) is 7.41. The molecule has 0 saturated carbocycles. The lowest BCUT2D eigenvalue weighted by Gasteiger charge is -2.02. The fraction of sp³-hybridized carbons (Fsp3) is 0. The topological polar surface area (TPSA) is 69.1 Å². The zero-order chi connectivity index (χ0) is 11.1. The number of rotatable bonds is 1. The van der Waals surface area contributed by atoms with Gasteiger partial charge in [-0.05, 0) is 12.1 Å². The van der Waals surface area contributed by atoms with E-state index in [2.05, 4.69) is 4.98 Å². The highest BCUT2D eigenvalue weighted by Gasteiger charge is 2.10. The largest absolute Gasteiger partial charge is 0.464 e. The molecule has 4 heteroatoms. The van der Waals surface area contributed by atoms with E-state index in [1.54, 1.807) is 12.5 Å². The zero-order valence-corrected chi connectivity index (χ0v) is 8.31. The molecular weight excluding hydrogens is 204 g/mol. The maximum absolute atomic E-state index is 11.2. The van der Waals surface area contributed by atoms with Gasteiger partial charge in [-0.1, -0.05) is 12.1 Å². The highest BCUT2D eigenvalue weighted by molar-refractivity contribution is 6.11. The van der Waals surface area contributed by atoms with Gasteiger partial charge < -0.3 is 10.2 Å². The molecule has 0 saturated heterocycles. The van der Waals surface area contributed by atoms with Gasteiger partial charge in [-0.2, -0.15) is 0 Å². The van der Waals surface area contributed by atoms with Crippen LogP contribution >= 0.6 is 0 Å². The smallest absolute Gasteiger partial charge is 0.267 e. The lowest BCUT2D eigenvalue weighted by Crippen LogP contribution is -2.13. The molecule has 2 heterocycles. The van der Waals surface area contributed by atoms with Crippen molar-refractivity contribution in [3.63, 3.8) is 0 Å². The number of amides is 1. The number of benzene rings is 1. The fourth-order valence-electron chi connectivity index (χ4n) is 1.88. The number of carbonyl (C=O) groups excluding carboxylic acids is 1. The third-order valence-corrected chi connectivity index (χ3v) is 2.59. The van der Waals surface area contributed by atoms with Crippen LogP contribution in [0.4, 0.5) is 0 Å². The molecule has 0 bridgehead atoms. The Morgan fingerprint density at radius 1 is 1.19 bits per heavy atom. The van der Waals surface area contributed by atoms with Gasteiger partial charge in [0.2, 0.25) is 0 Å². The van der Waals surface area contributed by atoms with E-state index in [0.717, 1.165) is 21.7 Å². The molecule has 3 aromatic rings. The molecule has 0 spiro atoms. The highest BCUT2D eigenvalue weighted by atomic mass is 16.3. The molecule has 1 aromatic carbocycles. The van der Waals surface area contributed by atoms with Crippen molar-refractivity contribution in [2.75, 3.05) is 0 Å². The minimum absolute atomic E-state index is 0.274. The van der Waals surface area contributed by atoms with Gasteiger partial charge in [0.1, 0.15) is 11.3 Å². The summed E-state index contributed by atoms with van der Waals surface area (Å²) in [5, 5.41) is 2.57.